The summed E-state index contributed by atoms with van der Waals surface area (Å²) in [7, 11) is 0. The van der Waals surface area contributed by atoms with Crippen LogP contribution in [0.1, 0.15) is 47.9 Å². The molecule has 4 rings (SSSR count). The summed E-state index contributed by atoms with van der Waals surface area (Å²) >= 11 is 0. The summed E-state index contributed by atoms with van der Waals surface area (Å²) in [5.41, 5.74) is 13.8. The van der Waals surface area contributed by atoms with E-state index in [9.17, 15) is 4.79 Å². The summed E-state index contributed by atoms with van der Waals surface area (Å²) in [6.07, 6.45) is 3.40. The molecular formula is C27H28N2O2. The van der Waals surface area contributed by atoms with Gasteiger partial charge in [-0.05, 0) is 51.4 Å². The number of hydrogen-bond acceptors (Lipinski definition) is 3. The second-order valence-corrected chi connectivity index (χ2v) is 8.15. The lowest BCUT2D eigenvalue weighted by molar-refractivity contribution is 0.144. The van der Waals surface area contributed by atoms with Gasteiger partial charge in [-0.15, -0.1) is 0 Å². The van der Waals surface area contributed by atoms with E-state index in [-0.39, 0.29) is 5.92 Å². The molecule has 3 aromatic rings. The third-order valence-electron chi connectivity index (χ3n) is 5.78. The summed E-state index contributed by atoms with van der Waals surface area (Å²) in [5.74, 6) is 0.499. The number of carbonyl (C=O) groups is 1. The first-order valence-electron chi connectivity index (χ1n) is 10.7. The number of ether oxygens (including phenoxy) is 1. The molecule has 3 N–H and O–H groups in total. The number of nitrogens with two attached hydrogens (primary N) is 1. The predicted octanol–water partition coefficient (Wildman–Crippen LogP) is 5.94. The predicted molar refractivity (Wildman–Crippen MR) is 127 cm³/mol. The lowest BCUT2D eigenvalue weighted by atomic mass is 9.98. The fraction of sp³-hybridized carbons (Fsp3) is 0.222. The minimum absolute atomic E-state index is 0.0623. The number of hydrogen-bond donors (Lipinski definition) is 2. The number of benzene rings is 3. The van der Waals surface area contributed by atoms with Gasteiger partial charge in [-0.3, -0.25) is 0 Å². The lowest BCUT2D eigenvalue weighted by Crippen LogP contribution is -2.26. The van der Waals surface area contributed by atoms with Crippen LogP contribution < -0.4 is 11.1 Å². The van der Waals surface area contributed by atoms with Crippen LogP contribution in [-0.4, -0.2) is 19.2 Å². The molecule has 0 heterocycles. The molecule has 1 aliphatic carbocycles. The first kappa shape index (κ1) is 20.7. The van der Waals surface area contributed by atoms with E-state index >= 15 is 0 Å². The molecule has 0 unspecified atom stereocenters. The number of amides is 1. The Kier molecular flexibility index (Phi) is 6.08. The topological polar surface area (TPSA) is 64.3 Å². The zero-order chi connectivity index (χ0) is 21.8. The van der Waals surface area contributed by atoms with Gasteiger partial charge < -0.3 is 15.8 Å². The highest BCUT2D eigenvalue weighted by molar-refractivity contribution is 5.79. The Balaban J connectivity index is 1.34. The van der Waals surface area contributed by atoms with Crippen molar-refractivity contribution >= 4 is 17.9 Å². The molecule has 0 fully saturated rings. The Bertz CT molecular complexity index is 1070. The number of nitrogen functional groups attached to an aromatic ring is 1. The van der Waals surface area contributed by atoms with Crippen LogP contribution in [0.15, 0.2) is 72.8 Å². The van der Waals surface area contributed by atoms with Crippen molar-refractivity contribution < 1.29 is 9.53 Å². The van der Waals surface area contributed by atoms with E-state index < -0.39 is 6.09 Å². The molecule has 3 aromatic carbocycles. The molecule has 0 bridgehead atoms. The van der Waals surface area contributed by atoms with Crippen LogP contribution in [0, 0.1) is 0 Å². The van der Waals surface area contributed by atoms with Crippen molar-refractivity contribution in [2.75, 3.05) is 18.9 Å². The summed E-state index contributed by atoms with van der Waals surface area (Å²) in [5, 5.41) is 2.79. The maximum Gasteiger partial charge on any atom is 0.407 e. The Morgan fingerprint density at radius 2 is 1.68 bits per heavy atom. The van der Waals surface area contributed by atoms with Gasteiger partial charge in [0, 0.05) is 18.2 Å². The van der Waals surface area contributed by atoms with Gasteiger partial charge in [-0.25, -0.2) is 4.79 Å². The van der Waals surface area contributed by atoms with Crippen LogP contribution in [0.25, 0.3) is 17.2 Å². The number of rotatable bonds is 6. The number of alkyl carbamates (subject to hydrolysis) is 1. The molecule has 0 aromatic heterocycles. The Morgan fingerprint density at radius 3 is 2.32 bits per heavy atom. The maximum atomic E-state index is 12.3. The minimum Gasteiger partial charge on any atom is -0.449 e. The molecule has 0 radical (unpaired) electrons. The fourth-order valence-corrected chi connectivity index (χ4v) is 4.07. The van der Waals surface area contributed by atoms with E-state index in [2.05, 4.69) is 49.5 Å². The molecule has 1 amide bonds. The first-order valence-corrected chi connectivity index (χ1v) is 10.7. The van der Waals surface area contributed by atoms with Crippen LogP contribution in [-0.2, 0) is 4.74 Å². The van der Waals surface area contributed by atoms with Crippen LogP contribution in [0.4, 0.5) is 10.5 Å². The van der Waals surface area contributed by atoms with E-state index in [0.717, 1.165) is 11.3 Å². The Morgan fingerprint density at radius 1 is 1.03 bits per heavy atom. The molecule has 4 heteroatoms. The zero-order valence-corrected chi connectivity index (χ0v) is 18.0. The molecule has 31 heavy (non-hydrogen) atoms. The number of anilines is 1. The minimum atomic E-state index is -0.421. The van der Waals surface area contributed by atoms with E-state index in [1.54, 1.807) is 0 Å². The quantitative estimate of drug-likeness (QED) is 0.492. The van der Waals surface area contributed by atoms with Gasteiger partial charge >= 0.3 is 6.09 Å². The summed E-state index contributed by atoms with van der Waals surface area (Å²) in [6.45, 7) is 4.99. The van der Waals surface area contributed by atoms with E-state index in [0.29, 0.717) is 19.1 Å². The molecule has 1 aliphatic rings. The molecule has 0 saturated heterocycles. The fourth-order valence-electron chi connectivity index (χ4n) is 4.07. The van der Waals surface area contributed by atoms with Crippen molar-refractivity contribution in [3.63, 3.8) is 0 Å². The third kappa shape index (κ3) is 4.48. The van der Waals surface area contributed by atoms with E-state index in [1.165, 1.54) is 27.8 Å². The van der Waals surface area contributed by atoms with Gasteiger partial charge in [0.05, 0.1) is 0 Å². The van der Waals surface area contributed by atoms with Crippen molar-refractivity contribution in [2.45, 2.75) is 25.7 Å². The first-order chi connectivity index (χ1) is 15.0. The molecule has 0 spiro atoms. The summed E-state index contributed by atoms with van der Waals surface area (Å²) in [6, 6.07) is 22.7. The smallest absolute Gasteiger partial charge is 0.407 e. The molecule has 0 saturated carbocycles. The van der Waals surface area contributed by atoms with Gasteiger partial charge in [-0.2, -0.15) is 0 Å². The number of nitrogens with one attached hydrogen (secondary N) is 1. The Labute approximate surface area is 183 Å². The van der Waals surface area contributed by atoms with Gasteiger partial charge in [0.1, 0.15) is 6.61 Å². The normalized spacial score (nSPS) is 12.7. The monoisotopic (exact) mass is 412 g/mol. The second kappa shape index (κ2) is 9.09. The molecule has 0 atom stereocenters. The summed E-state index contributed by atoms with van der Waals surface area (Å²) < 4.78 is 5.56. The van der Waals surface area contributed by atoms with Crippen LogP contribution in [0.2, 0.25) is 0 Å². The van der Waals surface area contributed by atoms with Crippen LogP contribution in [0.3, 0.4) is 0 Å². The molecular weight excluding hydrogens is 384 g/mol. The average Bonchev–Trinajstić information content (AvgIpc) is 3.10. The van der Waals surface area contributed by atoms with Gasteiger partial charge in [0.2, 0.25) is 0 Å². The number of carbonyl (C=O) groups excluding carboxylic acids is 1. The third-order valence-corrected chi connectivity index (χ3v) is 5.78. The van der Waals surface area contributed by atoms with Gasteiger partial charge in [0.15, 0.2) is 0 Å². The highest BCUT2D eigenvalue weighted by Crippen LogP contribution is 2.44. The summed E-state index contributed by atoms with van der Waals surface area (Å²) in [4.78, 5) is 12.3. The van der Waals surface area contributed by atoms with Crippen molar-refractivity contribution in [3.8, 4) is 11.1 Å². The average molecular weight is 413 g/mol. The van der Waals surface area contributed by atoms with Crippen LogP contribution in [0.5, 0.6) is 0 Å². The van der Waals surface area contributed by atoms with Gasteiger partial charge in [-0.1, -0.05) is 80.6 Å². The standard InChI is InChI=1S/C27H28N2O2/c1-18(2)19-13-14-26(28)20(16-19)8-7-15-29-27(30)31-17-25-23-11-5-3-9-21(23)22-10-4-6-12-24(22)25/h3-14,16,18,25H,15,17,28H2,1-2H3,(H,29,30). The van der Waals surface area contributed by atoms with Crippen molar-refractivity contribution in [1.29, 1.82) is 0 Å². The maximum absolute atomic E-state index is 12.3. The van der Waals surface area contributed by atoms with E-state index in [4.69, 9.17) is 10.5 Å². The number of fused-ring (bicyclic) bond motifs is 3. The second-order valence-electron chi connectivity index (χ2n) is 8.15. The lowest BCUT2D eigenvalue weighted by Gasteiger charge is -2.14. The van der Waals surface area contributed by atoms with Gasteiger partial charge in [0.25, 0.3) is 0 Å². The largest absolute Gasteiger partial charge is 0.449 e. The highest BCUT2D eigenvalue weighted by atomic mass is 16.5. The van der Waals surface area contributed by atoms with E-state index in [1.807, 2.05) is 48.6 Å². The molecule has 4 nitrogen and oxygen atoms in total. The highest BCUT2D eigenvalue weighted by Gasteiger charge is 2.28. The van der Waals surface area contributed by atoms with Crippen molar-refractivity contribution in [2.24, 2.45) is 0 Å². The van der Waals surface area contributed by atoms with Crippen LogP contribution >= 0.6 is 0 Å². The van der Waals surface area contributed by atoms with Crippen molar-refractivity contribution in [1.82, 2.24) is 5.32 Å². The SMILES string of the molecule is CC(C)c1ccc(N)c(C=CCNC(=O)OCC2c3ccccc3-c3ccccc32)c1. The Hall–Kier alpha value is -3.53. The molecule has 0 aliphatic heterocycles. The molecule has 158 valence electrons. The zero-order valence-electron chi connectivity index (χ0n) is 18.0. The van der Waals surface area contributed by atoms with Crippen molar-refractivity contribution in [3.05, 3.63) is 95.1 Å².